The third-order valence-electron chi connectivity index (χ3n) is 4.19. The van der Waals surface area contributed by atoms with Gasteiger partial charge in [0.15, 0.2) is 5.95 Å². The summed E-state index contributed by atoms with van der Waals surface area (Å²) in [5.74, 6) is -10.8. The minimum atomic E-state index is -3.87. The van der Waals surface area contributed by atoms with Crippen LogP contribution in [0, 0.1) is 6.92 Å². The first kappa shape index (κ1) is 20.2. The number of H-pyrrole nitrogens is 1. The van der Waals surface area contributed by atoms with Gasteiger partial charge >= 0.3 is 11.6 Å². The SMILES string of the molecule is Cc1ccc(NC(=O)C(O)(O)C(O)(O)C(=O)Nc2ccc3nc(N)[nH]c3c2)cc1. The molecule has 0 aliphatic rings. The van der Waals surface area contributed by atoms with Crippen molar-refractivity contribution in [1.82, 2.24) is 9.97 Å². The van der Waals surface area contributed by atoms with Crippen LogP contribution >= 0.6 is 0 Å². The fourth-order valence-electron chi connectivity index (χ4n) is 2.50. The molecule has 2 amide bonds. The van der Waals surface area contributed by atoms with Crippen LogP contribution < -0.4 is 16.4 Å². The summed E-state index contributed by atoms with van der Waals surface area (Å²) < 4.78 is 0. The number of hydrogen-bond acceptors (Lipinski definition) is 8. The van der Waals surface area contributed by atoms with E-state index >= 15 is 0 Å². The van der Waals surface area contributed by atoms with Gasteiger partial charge in [0.05, 0.1) is 11.0 Å². The molecule has 0 atom stereocenters. The topological polar surface area (TPSA) is 194 Å². The number of aromatic amines is 1. The molecule has 1 aromatic heterocycles. The first-order valence-corrected chi connectivity index (χ1v) is 8.35. The zero-order valence-electron chi connectivity index (χ0n) is 15.2. The van der Waals surface area contributed by atoms with Gasteiger partial charge in [0, 0.05) is 11.4 Å². The van der Waals surface area contributed by atoms with Gasteiger partial charge in [-0.05, 0) is 37.3 Å². The van der Waals surface area contributed by atoms with Gasteiger partial charge in [-0.2, -0.15) is 0 Å². The summed E-state index contributed by atoms with van der Waals surface area (Å²) in [5.41, 5.74) is 7.58. The highest BCUT2D eigenvalue weighted by Crippen LogP contribution is 2.24. The van der Waals surface area contributed by atoms with E-state index in [-0.39, 0.29) is 17.3 Å². The summed E-state index contributed by atoms with van der Waals surface area (Å²) in [6.07, 6.45) is 0. The molecule has 11 heteroatoms. The molecule has 3 aromatic rings. The van der Waals surface area contributed by atoms with Crippen molar-refractivity contribution in [2.45, 2.75) is 18.5 Å². The fraction of sp³-hybridized carbons (Fsp3) is 0.167. The van der Waals surface area contributed by atoms with Crippen LogP contribution in [0.4, 0.5) is 17.3 Å². The Kier molecular flexibility index (Phi) is 4.98. The van der Waals surface area contributed by atoms with Crippen molar-refractivity contribution in [3.63, 3.8) is 0 Å². The zero-order valence-corrected chi connectivity index (χ0v) is 15.2. The third kappa shape index (κ3) is 3.88. The average Bonchev–Trinajstić information content (AvgIpc) is 3.02. The van der Waals surface area contributed by atoms with E-state index in [0.717, 1.165) is 5.56 Å². The minimum Gasteiger partial charge on any atom is -0.369 e. The first-order valence-electron chi connectivity index (χ1n) is 8.35. The number of fused-ring (bicyclic) bond motifs is 1. The van der Waals surface area contributed by atoms with Crippen LogP contribution in [0.5, 0.6) is 0 Å². The van der Waals surface area contributed by atoms with E-state index in [9.17, 15) is 30.0 Å². The number of hydrogen-bond donors (Lipinski definition) is 8. The molecule has 29 heavy (non-hydrogen) atoms. The Hall–Kier alpha value is -3.51. The highest BCUT2D eigenvalue weighted by atomic mass is 16.6. The number of benzene rings is 2. The summed E-state index contributed by atoms with van der Waals surface area (Å²) in [7, 11) is 0. The third-order valence-corrected chi connectivity index (χ3v) is 4.19. The second-order valence-corrected chi connectivity index (χ2v) is 6.47. The molecule has 9 N–H and O–H groups in total. The number of aliphatic hydroxyl groups is 4. The van der Waals surface area contributed by atoms with E-state index in [4.69, 9.17) is 5.73 Å². The first-order chi connectivity index (χ1) is 13.5. The molecule has 0 unspecified atom stereocenters. The maximum Gasteiger partial charge on any atom is 0.310 e. The van der Waals surface area contributed by atoms with Crippen LogP contribution in [-0.2, 0) is 9.59 Å². The van der Waals surface area contributed by atoms with Gasteiger partial charge in [-0.3, -0.25) is 9.59 Å². The number of carbonyl (C=O) groups excluding carboxylic acids is 2. The number of rotatable bonds is 5. The predicted octanol–water partition coefficient (Wildman–Crippen LogP) is -0.607. The Morgan fingerprint density at radius 1 is 0.931 bits per heavy atom. The normalized spacial score (nSPS) is 12.0. The number of carbonyl (C=O) groups is 2. The van der Waals surface area contributed by atoms with Crippen molar-refractivity contribution < 1.29 is 30.0 Å². The van der Waals surface area contributed by atoms with Crippen LogP contribution in [0.2, 0.25) is 0 Å². The van der Waals surface area contributed by atoms with Crippen LogP contribution in [0.25, 0.3) is 11.0 Å². The second kappa shape index (κ2) is 7.14. The Morgan fingerprint density at radius 2 is 1.45 bits per heavy atom. The number of amides is 2. The molecule has 0 spiro atoms. The molecule has 3 rings (SSSR count). The van der Waals surface area contributed by atoms with Gasteiger partial charge in [-0.1, -0.05) is 17.7 Å². The van der Waals surface area contributed by atoms with Crippen LogP contribution in [0.15, 0.2) is 42.5 Å². The molecule has 0 aliphatic carbocycles. The highest BCUT2D eigenvalue weighted by Gasteiger charge is 2.59. The lowest BCUT2D eigenvalue weighted by atomic mass is 10.0. The van der Waals surface area contributed by atoms with E-state index in [1.54, 1.807) is 19.1 Å². The number of nitrogens with zero attached hydrogens (tertiary/aromatic N) is 1. The molecule has 0 radical (unpaired) electrons. The molecule has 1 heterocycles. The summed E-state index contributed by atoms with van der Waals surface area (Å²) in [5, 5.41) is 44.2. The van der Waals surface area contributed by atoms with Crippen molar-refractivity contribution in [2.75, 3.05) is 16.4 Å². The van der Waals surface area contributed by atoms with E-state index in [1.807, 2.05) is 0 Å². The molecular weight excluding hydrogens is 382 g/mol. The smallest absolute Gasteiger partial charge is 0.310 e. The van der Waals surface area contributed by atoms with Crippen molar-refractivity contribution in [1.29, 1.82) is 0 Å². The number of aryl methyl sites for hydroxylation is 1. The lowest BCUT2D eigenvalue weighted by molar-refractivity contribution is -0.315. The fourth-order valence-corrected chi connectivity index (χ4v) is 2.50. The van der Waals surface area contributed by atoms with Gasteiger partial charge in [-0.25, -0.2) is 4.98 Å². The highest BCUT2D eigenvalue weighted by molar-refractivity contribution is 6.05. The average molecular weight is 401 g/mol. The summed E-state index contributed by atoms with van der Waals surface area (Å²) in [6, 6.07) is 10.5. The van der Waals surface area contributed by atoms with Gasteiger partial charge in [0.25, 0.3) is 11.8 Å². The zero-order chi connectivity index (χ0) is 21.4. The monoisotopic (exact) mass is 401 g/mol. The Balaban J connectivity index is 1.77. The second-order valence-electron chi connectivity index (χ2n) is 6.47. The molecule has 0 bridgehead atoms. The van der Waals surface area contributed by atoms with Crippen molar-refractivity contribution in [3.8, 4) is 0 Å². The largest absolute Gasteiger partial charge is 0.369 e. The quantitative estimate of drug-likeness (QED) is 0.259. The molecular formula is C18H19N5O6. The molecule has 0 fully saturated rings. The minimum absolute atomic E-state index is 0.0633. The number of nitrogens with two attached hydrogens (primary N) is 1. The van der Waals surface area contributed by atoms with E-state index in [2.05, 4.69) is 20.6 Å². The maximum atomic E-state index is 12.3. The number of anilines is 3. The lowest BCUT2D eigenvalue weighted by Crippen LogP contribution is -2.66. The van der Waals surface area contributed by atoms with Crippen LogP contribution in [0.1, 0.15) is 5.56 Å². The molecule has 0 aliphatic heterocycles. The lowest BCUT2D eigenvalue weighted by Gasteiger charge is -2.32. The summed E-state index contributed by atoms with van der Waals surface area (Å²) in [4.78, 5) is 31.1. The van der Waals surface area contributed by atoms with Gasteiger partial charge in [-0.15, -0.1) is 0 Å². The van der Waals surface area contributed by atoms with Crippen molar-refractivity contribution >= 4 is 40.2 Å². The predicted molar refractivity (Wildman–Crippen MR) is 103 cm³/mol. The Labute approximate surface area is 163 Å². The summed E-state index contributed by atoms with van der Waals surface area (Å²) in [6.45, 7) is 1.81. The maximum absolute atomic E-state index is 12.3. The van der Waals surface area contributed by atoms with Crippen LogP contribution in [0.3, 0.4) is 0 Å². The number of nitrogens with one attached hydrogen (secondary N) is 3. The number of aromatic nitrogens is 2. The molecule has 2 aromatic carbocycles. The Bertz CT molecular complexity index is 1070. The van der Waals surface area contributed by atoms with E-state index < -0.39 is 23.4 Å². The van der Waals surface area contributed by atoms with Gasteiger partial charge in [0.2, 0.25) is 0 Å². The van der Waals surface area contributed by atoms with E-state index in [1.165, 1.54) is 30.3 Å². The number of imidazole rings is 1. The molecule has 152 valence electrons. The van der Waals surface area contributed by atoms with Crippen LogP contribution in [-0.4, -0.2) is 53.8 Å². The van der Waals surface area contributed by atoms with Gasteiger partial charge in [0.1, 0.15) is 0 Å². The van der Waals surface area contributed by atoms with Crippen molar-refractivity contribution in [3.05, 3.63) is 48.0 Å². The molecule has 11 nitrogen and oxygen atoms in total. The molecule has 0 saturated carbocycles. The van der Waals surface area contributed by atoms with E-state index in [0.29, 0.717) is 11.0 Å². The summed E-state index contributed by atoms with van der Waals surface area (Å²) >= 11 is 0. The molecule has 0 saturated heterocycles. The standard InChI is InChI=1S/C18H19N5O6/c1-9-2-4-10(5-3-9)20-14(24)17(26,27)18(28,29)15(25)21-11-6-7-12-13(8-11)23-16(19)22-12/h2-8,26-29H,1H3,(H,20,24)(H,21,25)(H3,19,22,23). The van der Waals surface area contributed by atoms with Crippen molar-refractivity contribution in [2.24, 2.45) is 0 Å². The Morgan fingerprint density at radius 3 is 2.03 bits per heavy atom. The number of nitrogen functional groups attached to an aromatic ring is 1. The van der Waals surface area contributed by atoms with Gasteiger partial charge < -0.3 is 41.8 Å².